The minimum atomic E-state index is -3.83. The summed E-state index contributed by atoms with van der Waals surface area (Å²) < 4.78 is 23.4. The van der Waals surface area contributed by atoms with Gasteiger partial charge in [-0.1, -0.05) is 0 Å². The number of nitrogens with two attached hydrogens (primary N) is 1. The predicted molar refractivity (Wildman–Crippen MR) is 90.3 cm³/mol. The van der Waals surface area contributed by atoms with Gasteiger partial charge in [-0.2, -0.15) is 0 Å². The highest BCUT2D eigenvalue weighted by Gasteiger charge is 2.38. The third kappa shape index (κ3) is 3.38. The molecule has 0 radical (unpaired) electrons. The molecule has 128 valence electrons. The minimum absolute atomic E-state index is 0. The average molecular weight is 360 g/mol. The molecule has 1 amide bonds. The number of likely N-dealkylation sites (tertiary alicyclic amines) is 1. The third-order valence-corrected chi connectivity index (χ3v) is 5.89. The normalized spacial score (nSPS) is 23.5. The smallest absolute Gasteiger partial charge is 0.253 e. The Bertz CT molecular complexity index is 724. The van der Waals surface area contributed by atoms with Crippen molar-refractivity contribution in [1.29, 1.82) is 0 Å². The quantitative estimate of drug-likeness (QED) is 0.811. The Labute approximate surface area is 142 Å². The van der Waals surface area contributed by atoms with Crippen LogP contribution >= 0.6 is 12.4 Å². The second-order valence-electron chi connectivity index (χ2n) is 6.35. The van der Waals surface area contributed by atoms with Crippen LogP contribution in [-0.2, 0) is 10.0 Å². The molecular formula is C15H22ClN3O3S. The van der Waals surface area contributed by atoms with E-state index >= 15 is 0 Å². The molecule has 2 atom stereocenters. The van der Waals surface area contributed by atoms with E-state index in [4.69, 9.17) is 5.14 Å². The number of benzene rings is 1. The fourth-order valence-corrected chi connectivity index (χ4v) is 4.33. The lowest BCUT2D eigenvalue weighted by Gasteiger charge is -2.19. The molecule has 2 saturated heterocycles. The van der Waals surface area contributed by atoms with Crippen LogP contribution < -0.4 is 10.5 Å². The number of nitrogens with one attached hydrogen (secondary N) is 1. The number of fused-ring (bicyclic) bond motifs is 1. The van der Waals surface area contributed by atoms with Crippen molar-refractivity contribution in [3.05, 3.63) is 28.8 Å². The van der Waals surface area contributed by atoms with Gasteiger partial charge in [0.1, 0.15) is 0 Å². The van der Waals surface area contributed by atoms with Crippen LogP contribution in [0.1, 0.15) is 21.5 Å². The van der Waals surface area contributed by atoms with Crippen molar-refractivity contribution in [2.45, 2.75) is 18.7 Å². The number of carbonyl (C=O) groups excluding carboxylic acids is 1. The zero-order valence-electron chi connectivity index (χ0n) is 13.2. The fourth-order valence-electron chi connectivity index (χ4n) is 3.45. The maximum Gasteiger partial charge on any atom is 0.253 e. The molecular weight excluding hydrogens is 338 g/mol. The highest BCUT2D eigenvalue weighted by molar-refractivity contribution is 7.89. The molecule has 0 bridgehead atoms. The number of primary sulfonamides is 1. The maximum atomic E-state index is 12.7. The summed E-state index contributed by atoms with van der Waals surface area (Å²) in [7, 11) is -3.83. The van der Waals surface area contributed by atoms with Crippen LogP contribution in [0.15, 0.2) is 17.0 Å². The molecule has 8 heteroatoms. The van der Waals surface area contributed by atoms with Crippen LogP contribution in [0.25, 0.3) is 0 Å². The summed E-state index contributed by atoms with van der Waals surface area (Å²) in [5.74, 6) is 0.906. The zero-order chi connectivity index (χ0) is 16.1. The van der Waals surface area contributed by atoms with Crippen molar-refractivity contribution in [2.24, 2.45) is 17.0 Å². The Morgan fingerprint density at radius 2 is 1.78 bits per heavy atom. The number of hydrogen-bond donors (Lipinski definition) is 2. The molecule has 6 nitrogen and oxygen atoms in total. The van der Waals surface area contributed by atoms with E-state index < -0.39 is 10.0 Å². The molecule has 23 heavy (non-hydrogen) atoms. The Hall–Kier alpha value is -1.15. The monoisotopic (exact) mass is 359 g/mol. The Morgan fingerprint density at radius 3 is 2.30 bits per heavy atom. The van der Waals surface area contributed by atoms with Crippen LogP contribution in [0.4, 0.5) is 0 Å². The lowest BCUT2D eigenvalue weighted by molar-refractivity contribution is 0.0781. The summed E-state index contributed by atoms with van der Waals surface area (Å²) in [6.07, 6.45) is 0. The van der Waals surface area contributed by atoms with Gasteiger partial charge in [0.25, 0.3) is 5.91 Å². The van der Waals surface area contributed by atoms with E-state index in [1.54, 1.807) is 19.9 Å². The minimum Gasteiger partial charge on any atom is -0.338 e. The first-order valence-electron chi connectivity index (χ1n) is 7.41. The van der Waals surface area contributed by atoms with E-state index in [-0.39, 0.29) is 23.2 Å². The van der Waals surface area contributed by atoms with E-state index in [0.29, 0.717) is 23.0 Å². The third-order valence-electron chi connectivity index (χ3n) is 4.85. The largest absolute Gasteiger partial charge is 0.338 e. The van der Waals surface area contributed by atoms with Gasteiger partial charge in [-0.25, -0.2) is 13.6 Å². The summed E-state index contributed by atoms with van der Waals surface area (Å²) in [5.41, 5.74) is 1.76. The maximum absolute atomic E-state index is 12.7. The molecule has 0 unspecified atom stereocenters. The van der Waals surface area contributed by atoms with E-state index in [9.17, 15) is 13.2 Å². The number of sulfonamides is 1. The van der Waals surface area contributed by atoms with Crippen molar-refractivity contribution in [3.8, 4) is 0 Å². The molecule has 2 aliphatic rings. The summed E-state index contributed by atoms with van der Waals surface area (Å²) >= 11 is 0. The Morgan fingerprint density at radius 1 is 1.22 bits per heavy atom. The molecule has 2 aliphatic heterocycles. The van der Waals surface area contributed by atoms with Crippen LogP contribution in [0.2, 0.25) is 0 Å². The van der Waals surface area contributed by atoms with Crippen molar-refractivity contribution < 1.29 is 13.2 Å². The van der Waals surface area contributed by atoms with Crippen molar-refractivity contribution in [2.75, 3.05) is 26.2 Å². The molecule has 0 aromatic heterocycles. The average Bonchev–Trinajstić information content (AvgIpc) is 3.00. The zero-order valence-corrected chi connectivity index (χ0v) is 14.8. The fraction of sp³-hybridized carbons (Fsp3) is 0.533. The van der Waals surface area contributed by atoms with Gasteiger partial charge in [0.05, 0.1) is 4.90 Å². The van der Waals surface area contributed by atoms with E-state index in [1.807, 2.05) is 4.90 Å². The summed E-state index contributed by atoms with van der Waals surface area (Å²) in [6, 6.07) is 3.16. The van der Waals surface area contributed by atoms with Crippen LogP contribution in [-0.4, -0.2) is 45.4 Å². The summed E-state index contributed by atoms with van der Waals surface area (Å²) in [5, 5.41) is 8.60. The Balaban J connectivity index is 0.00000192. The van der Waals surface area contributed by atoms with Gasteiger partial charge < -0.3 is 10.2 Å². The van der Waals surface area contributed by atoms with Crippen molar-refractivity contribution in [1.82, 2.24) is 10.2 Å². The lowest BCUT2D eigenvalue weighted by atomic mass is 10.0. The van der Waals surface area contributed by atoms with Crippen LogP contribution in [0.5, 0.6) is 0 Å². The van der Waals surface area contributed by atoms with Gasteiger partial charge in [-0.3, -0.25) is 4.79 Å². The molecule has 1 aromatic rings. The summed E-state index contributed by atoms with van der Waals surface area (Å²) in [6.45, 7) is 6.86. The molecule has 3 N–H and O–H groups in total. The molecule has 0 spiro atoms. The first-order chi connectivity index (χ1) is 10.3. The van der Waals surface area contributed by atoms with Gasteiger partial charge in [-0.05, 0) is 48.9 Å². The van der Waals surface area contributed by atoms with Crippen molar-refractivity contribution in [3.63, 3.8) is 0 Å². The highest BCUT2D eigenvalue weighted by Crippen LogP contribution is 2.28. The number of rotatable bonds is 2. The Kier molecular flexibility index (Phi) is 5.06. The van der Waals surface area contributed by atoms with Gasteiger partial charge in [-0.15, -0.1) is 12.4 Å². The number of carbonyl (C=O) groups is 1. The van der Waals surface area contributed by atoms with Crippen molar-refractivity contribution >= 4 is 28.3 Å². The topological polar surface area (TPSA) is 92.5 Å². The molecule has 0 aliphatic carbocycles. The molecule has 0 saturated carbocycles. The molecule has 2 heterocycles. The number of aryl methyl sites for hydroxylation is 1. The highest BCUT2D eigenvalue weighted by atomic mass is 35.5. The summed E-state index contributed by atoms with van der Waals surface area (Å²) in [4.78, 5) is 14.6. The SMILES string of the molecule is Cc1cc(C(=O)N2C[C@H]3CNC[C@H]3C2)cc(S(N)(=O)=O)c1C.Cl. The van der Waals surface area contributed by atoms with Gasteiger partial charge >= 0.3 is 0 Å². The van der Waals surface area contributed by atoms with Crippen LogP contribution in [0.3, 0.4) is 0 Å². The lowest BCUT2D eigenvalue weighted by Crippen LogP contribution is -2.32. The van der Waals surface area contributed by atoms with Crippen LogP contribution in [0, 0.1) is 25.7 Å². The molecule has 2 fully saturated rings. The van der Waals surface area contributed by atoms with E-state index in [1.165, 1.54) is 6.07 Å². The number of halogens is 1. The predicted octanol–water partition coefficient (Wildman–Crippen LogP) is 0.664. The second-order valence-corrected chi connectivity index (χ2v) is 7.88. The van der Waals surface area contributed by atoms with Gasteiger partial charge in [0, 0.05) is 31.7 Å². The van der Waals surface area contributed by atoms with Gasteiger partial charge in [0.15, 0.2) is 0 Å². The first kappa shape index (κ1) is 18.2. The van der Waals surface area contributed by atoms with E-state index in [2.05, 4.69) is 5.32 Å². The second kappa shape index (κ2) is 6.39. The number of hydrogen-bond acceptors (Lipinski definition) is 4. The van der Waals surface area contributed by atoms with Gasteiger partial charge in [0.2, 0.25) is 10.0 Å². The standard InChI is InChI=1S/C15H21N3O3S.ClH/c1-9-3-11(4-14(10(9)2)22(16,20)21)15(19)18-7-12-5-17-6-13(12)8-18;/h3-4,12-13,17H,5-8H2,1-2H3,(H2,16,20,21);1H/t12-,13+;. The molecule has 3 rings (SSSR count). The number of nitrogens with zero attached hydrogens (tertiary/aromatic N) is 1. The van der Waals surface area contributed by atoms with E-state index in [0.717, 1.165) is 31.7 Å². The molecule has 1 aromatic carbocycles. The number of amides is 1. The first-order valence-corrected chi connectivity index (χ1v) is 8.96.